The quantitative estimate of drug-likeness (QED) is 0.575. The van der Waals surface area contributed by atoms with Crippen molar-refractivity contribution in [2.24, 2.45) is 0 Å². The number of benzene rings is 1. The molecule has 1 aromatic carbocycles. The number of thioether (sulfide) groups is 2. The number of rotatable bonds is 4. The van der Waals surface area contributed by atoms with Crippen molar-refractivity contribution in [3.63, 3.8) is 0 Å². The van der Waals surface area contributed by atoms with Gasteiger partial charge in [0, 0.05) is 21.8 Å². The van der Waals surface area contributed by atoms with Crippen molar-refractivity contribution in [2.75, 3.05) is 12.5 Å². The molecule has 14 heavy (non-hydrogen) atoms. The normalized spacial score (nSPS) is 10.2. The minimum Gasteiger partial charge on any atom is -0.294 e. The van der Waals surface area contributed by atoms with Gasteiger partial charge in [0.25, 0.3) is 0 Å². The minimum absolute atomic E-state index is 0.227. The zero-order valence-corrected chi connectivity index (χ0v) is 10.3. The molecular weight excluding hydrogens is 212 g/mol. The van der Waals surface area contributed by atoms with E-state index in [4.69, 9.17) is 0 Å². The third kappa shape index (κ3) is 2.34. The summed E-state index contributed by atoms with van der Waals surface area (Å²) >= 11 is 3.34. The van der Waals surface area contributed by atoms with E-state index in [2.05, 4.69) is 6.07 Å². The molecule has 0 fully saturated rings. The fourth-order valence-corrected chi connectivity index (χ4v) is 2.98. The van der Waals surface area contributed by atoms with Gasteiger partial charge >= 0.3 is 0 Å². The van der Waals surface area contributed by atoms with E-state index < -0.39 is 0 Å². The highest BCUT2D eigenvalue weighted by atomic mass is 32.2. The van der Waals surface area contributed by atoms with Crippen LogP contribution in [0.3, 0.4) is 0 Å². The smallest absolute Gasteiger partial charge is 0.163 e. The predicted octanol–water partition coefficient (Wildman–Crippen LogP) is 3.72. The summed E-state index contributed by atoms with van der Waals surface area (Å²) in [4.78, 5) is 13.9. The Bertz CT molecular complexity index is 334. The Morgan fingerprint density at radius 3 is 2.50 bits per heavy atom. The molecule has 76 valence electrons. The second kappa shape index (κ2) is 5.47. The van der Waals surface area contributed by atoms with Crippen molar-refractivity contribution in [3.8, 4) is 0 Å². The van der Waals surface area contributed by atoms with Crippen LogP contribution in [-0.2, 0) is 0 Å². The first-order chi connectivity index (χ1) is 6.74. The molecule has 1 aromatic rings. The van der Waals surface area contributed by atoms with Gasteiger partial charge in [-0.25, -0.2) is 0 Å². The summed E-state index contributed by atoms with van der Waals surface area (Å²) in [5.74, 6) is 0.227. The summed E-state index contributed by atoms with van der Waals surface area (Å²) in [5, 5.41) is 0. The number of hydrogen-bond acceptors (Lipinski definition) is 3. The van der Waals surface area contributed by atoms with Crippen molar-refractivity contribution in [1.29, 1.82) is 0 Å². The molecule has 0 spiro atoms. The first-order valence-corrected chi connectivity index (χ1v) is 6.93. The number of Topliss-reactive ketones (excluding diaryl/α,β-unsaturated/α-hetero) is 1. The summed E-state index contributed by atoms with van der Waals surface area (Å²) in [6.45, 7) is 1.90. The summed E-state index contributed by atoms with van der Waals surface area (Å²) in [7, 11) is 0. The van der Waals surface area contributed by atoms with Crippen LogP contribution in [0, 0.1) is 0 Å². The first-order valence-electron chi connectivity index (χ1n) is 4.48. The molecule has 0 aliphatic heterocycles. The van der Waals surface area contributed by atoms with Crippen molar-refractivity contribution in [2.45, 2.75) is 23.1 Å². The van der Waals surface area contributed by atoms with Crippen LogP contribution in [0.15, 0.2) is 28.0 Å². The molecule has 0 aromatic heterocycles. The van der Waals surface area contributed by atoms with Crippen LogP contribution < -0.4 is 0 Å². The van der Waals surface area contributed by atoms with E-state index in [9.17, 15) is 4.79 Å². The standard InChI is InChI=1S/C11H14OS2/c1-4-9(12)8-6-5-7-10(13-2)11(8)14-3/h5-7H,4H2,1-3H3. The third-order valence-electron chi connectivity index (χ3n) is 2.02. The lowest BCUT2D eigenvalue weighted by molar-refractivity contribution is 0.0985. The van der Waals surface area contributed by atoms with Crippen LogP contribution in [0.4, 0.5) is 0 Å². The molecule has 0 saturated carbocycles. The highest BCUT2D eigenvalue weighted by Crippen LogP contribution is 2.31. The van der Waals surface area contributed by atoms with Crippen molar-refractivity contribution >= 4 is 29.3 Å². The maximum absolute atomic E-state index is 11.6. The van der Waals surface area contributed by atoms with Crippen LogP contribution in [0.2, 0.25) is 0 Å². The van der Waals surface area contributed by atoms with Gasteiger partial charge < -0.3 is 0 Å². The van der Waals surface area contributed by atoms with Gasteiger partial charge in [-0.3, -0.25) is 4.79 Å². The second-order valence-electron chi connectivity index (χ2n) is 2.82. The molecule has 0 bridgehead atoms. The van der Waals surface area contributed by atoms with E-state index in [1.54, 1.807) is 23.5 Å². The third-order valence-corrected chi connectivity index (χ3v) is 3.78. The zero-order valence-electron chi connectivity index (χ0n) is 8.66. The van der Waals surface area contributed by atoms with Gasteiger partial charge in [0.05, 0.1) is 0 Å². The number of carbonyl (C=O) groups excluding carboxylic acids is 1. The number of carbonyl (C=O) groups is 1. The Labute approximate surface area is 93.7 Å². The van der Waals surface area contributed by atoms with Crippen LogP contribution in [-0.4, -0.2) is 18.3 Å². The van der Waals surface area contributed by atoms with Gasteiger partial charge in [-0.15, -0.1) is 23.5 Å². The van der Waals surface area contributed by atoms with E-state index >= 15 is 0 Å². The molecule has 1 rings (SSSR count). The maximum Gasteiger partial charge on any atom is 0.163 e. The lowest BCUT2D eigenvalue weighted by Gasteiger charge is -2.09. The Hall–Kier alpha value is -0.410. The fourth-order valence-electron chi connectivity index (χ4n) is 1.30. The molecule has 0 saturated heterocycles. The molecule has 0 atom stereocenters. The van der Waals surface area contributed by atoms with E-state index in [0.29, 0.717) is 6.42 Å². The lowest BCUT2D eigenvalue weighted by atomic mass is 10.1. The minimum atomic E-state index is 0.227. The first kappa shape index (κ1) is 11.7. The number of hydrogen-bond donors (Lipinski definition) is 0. The monoisotopic (exact) mass is 226 g/mol. The molecule has 0 heterocycles. The van der Waals surface area contributed by atoms with Gasteiger partial charge in [-0.2, -0.15) is 0 Å². The molecule has 1 nitrogen and oxygen atoms in total. The summed E-state index contributed by atoms with van der Waals surface area (Å²) in [6, 6.07) is 5.93. The van der Waals surface area contributed by atoms with Crippen LogP contribution in [0.1, 0.15) is 23.7 Å². The highest BCUT2D eigenvalue weighted by Gasteiger charge is 2.11. The van der Waals surface area contributed by atoms with Crippen LogP contribution >= 0.6 is 23.5 Å². The highest BCUT2D eigenvalue weighted by molar-refractivity contribution is 8.01. The fraction of sp³-hybridized carbons (Fsp3) is 0.364. The van der Waals surface area contributed by atoms with Gasteiger partial charge in [0.15, 0.2) is 5.78 Å². The second-order valence-corrected chi connectivity index (χ2v) is 4.48. The topological polar surface area (TPSA) is 17.1 Å². The van der Waals surface area contributed by atoms with E-state index in [0.717, 1.165) is 10.5 Å². The van der Waals surface area contributed by atoms with E-state index in [1.807, 2.05) is 31.6 Å². The van der Waals surface area contributed by atoms with Gasteiger partial charge in [-0.1, -0.05) is 19.1 Å². The van der Waals surface area contributed by atoms with Gasteiger partial charge in [0.1, 0.15) is 0 Å². The average molecular weight is 226 g/mol. The van der Waals surface area contributed by atoms with Crippen LogP contribution in [0.25, 0.3) is 0 Å². The van der Waals surface area contributed by atoms with Crippen molar-refractivity contribution in [1.82, 2.24) is 0 Å². The van der Waals surface area contributed by atoms with Gasteiger partial charge in [-0.05, 0) is 18.6 Å². The molecule has 0 aliphatic carbocycles. The van der Waals surface area contributed by atoms with E-state index in [1.165, 1.54) is 4.90 Å². The van der Waals surface area contributed by atoms with Crippen molar-refractivity contribution in [3.05, 3.63) is 23.8 Å². The number of ketones is 1. The molecule has 3 heteroatoms. The Morgan fingerprint density at radius 1 is 1.29 bits per heavy atom. The summed E-state index contributed by atoms with van der Waals surface area (Å²) in [6.07, 6.45) is 4.63. The summed E-state index contributed by atoms with van der Waals surface area (Å²) in [5.41, 5.74) is 0.867. The molecule has 0 aliphatic rings. The predicted molar refractivity (Wildman–Crippen MR) is 64.6 cm³/mol. The maximum atomic E-state index is 11.6. The molecule has 0 unspecified atom stereocenters. The lowest BCUT2D eigenvalue weighted by Crippen LogP contribution is -1.99. The SMILES string of the molecule is CCC(=O)c1cccc(SC)c1SC. The summed E-state index contributed by atoms with van der Waals surface area (Å²) < 4.78 is 0. The molecule has 0 N–H and O–H groups in total. The van der Waals surface area contributed by atoms with E-state index in [-0.39, 0.29) is 5.78 Å². The molecular formula is C11H14OS2. The Kier molecular flexibility index (Phi) is 4.55. The average Bonchev–Trinajstić information content (AvgIpc) is 2.26. The molecule has 0 amide bonds. The van der Waals surface area contributed by atoms with Crippen LogP contribution in [0.5, 0.6) is 0 Å². The Balaban J connectivity index is 3.21. The zero-order chi connectivity index (χ0) is 10.6. The Morgan fingerprint density at radius 2 is 2.00 bits per heavy atom. The molecule has 0 radical (unpaired) electrons. The van der Waals surface area contributed by atoms with Crippen molar-refractivity contribution < 1.29 is 4.79 Å². The van der Waals surface area contributed by atoms with Gasteiger partial charge in [0.2, 0.25) is 0 Å². The largest absolute Gasteiger partial charge is 0.294 e.